The summed E-state index contributed by atoms with van der Waals surface area (Å²) in [4.78, 5) is 9.90. The van der Waals surface area contributed by atoms with E-state index in [-0.39, 0.29) is 24.0 Å². The fraction of sp³-hybridized carbons (Fsp3) is 0.950. The summed E-state index contributed by atoms with van der Waals surface area (Å²) in [6.45, 7) is 12.4. The fourth-order valence-electron chi connectivity index (χ4n) is 3.87. The Kier molecular flexibility index (Phi) is 14.5. The maximum atomic E-state index is 5.19. The molecular formula is C20H42IN5O2. The highest BCUT2D eigenvalue weighted by molar-refractivity contribution is 14.0. The Morgan fingerprint density at radius 2 is 1.46 bits per heavy atom. The largest absolute Gasteiger partial charge is 0.383 e. The van der Waals surface area contributed by atoms with Crippen LogP contribution in [0.1, 0.15) is 32.6 Å². The molecular weight excluding hydrogens is 469 g/mol. The number of methoxy groups -OCH3 is 2. The molecule has 0 amide bonds. The van der Waals surface area contributed by atoms with Gasteiger partial charge in [-0.3, -0.25) is 4.99 Å². The minimum atomic E-state index is 0. The van der Waals surface area contributed by atoms with Crippen LogP contribution >= 0.6 is 24.0 Å². The van der Waals surface area contributed by atoms with Crippen LogP contribution in [0.4, 0.5) is 0 Å². The summed E-state index contributed by atoms with van der Waals surface area (Å²) in [5.41, 5.74) is 0. The van der Waals surface area contributed by atoms with Crippen molar-refractivity contribution in [3.63, 3.8) is 0 Å². The van der Waals surface area contributed by atoms with Crippen LogP contribution in [0.15, 0.2) is 4.99 Å². The third-order valence-electron chi connectivity index (χ3n) is 5.71. The van der Waals surface area contributed by atoms with Gasteiger partial charge in [0.05, 0.1) is 13.2 Å². The van der Waals surface area contributed by atoms with Crippen molar-refractivity contribution in [2.24, 2.45) is 10.9 Å². The number of halogens is 1. The minimum Gasteiger partial charge on any atom is -0.383 e. The van der Waals surface area contributed by atoms with Crippen LogP contribution in [0, 0.1) is 5.92 Å². The van der Waals surface area contributed by atoms with E-state index in [4.69, 9.17) is 14.5 Å². The summed E-state index contributed by atoms with van der Waals surface area (Å²) >= 11 is 0. The molecule has 0 aromatic heterocycles. The van der Waals surface area contributed by atoms with Crippen molar-refractivity contribution in [1.29, 1.82) is 0 Å². The average molecular weight is 511 g/mol. The molecule has 28 heavy (non-hydrogen) atoms. The van der Waals surface area contributed by atoms with Crippen LogP contribution in [-0.4, -0.2) is 102 Å². The normalized spacial score (nSPS) is 20.8. The fourth-order valence-corrected chi connectivity index (χ4v) is 3.87. The number of nitrogens with zero attached hydrogens (tertiary/aromatic N) is 3. The number of likely N-dealkylation sites (tertiary alicyclic amines) is 2. The van der Waals surface area contributed by atoms with E-state index in [0.717, 1.165) is 58.4 Å². The number of hydrogen-bond acceptors (Lipinski definition) is 5. The minimum absolute atomic E-state index is 0. The summed E-state index contributed by atoms with van der Waals surface area (Å²) in [6.07, 6.45) is 4.83. The highest BCUT2D eigenvalue weighted by atomic mass is 127. The second kappa shape index (κ2) is 15.6. The lowest BCUT2D eigenvalue weighted by molar-refractivity contribution is 0.121. The molecule has 2 saturated heterocycles. The van der Waals surface area contributed by atoms with E-state index in [2.05, 4.69) is 27.4 Å². The second-order valence-electron chi connectivity index (χ2n) is 7.75. The smallest absolute Gasteiger partial charge is 0.191 e. The number of rotatable bonds is 10. The first-order chi connectivity index (χ1) is 13.2. The monoisotopic (exact) mass is 511 g/mol. The van der Waals surface area contributed by atoms with Gasteiger partial charge in [-0.05, 0) is 51.6 Å². The lowest BCUT2D eigenvalue weighted by atomic mass is 9.97. The van der Waals surface area contributed by atoms with Crippen molar-refractivity contribution in [2.75, 3.05) is 79.8 Å². The van der Waals surface area contributed by atoms with Gasteiger partial charge in [0.15, 0.2) is 5.96 Å². The zero-order chi connectivity index (χ0) is 19.3. The van der Waals surface area contributed by atoms with Crippen LogP contribution in [0.5, 0.6) is 0 Å². The number of ether oxygens (including phenoxy) is 2. The molecule has 166 valence electrons. The molecule has 0 bridgehead atoms. The number of nitrogens with one attached hydrogen (secondary N) is 2. The molecule has 7 nitrogen and oxygen atoms in total. The van der Waals surface area contributed by atoms with E-state index in [9.17, 15) is 0 Å². The lowest BCUT2D eigenvalue weighted by Gasteiger charge is -2.33. The molecule has 2 aliphatic rings. The van der Waals surface area contributed by atoms with Crippen molar-refractivity contribution < 1.29 is 9.47 Å². The first-order valence-corrected chi connectivity index (χ1v) is 10.7. The SMILES string of the molecule is CCNC(=NCC1CCN(CCOC)CC1)NC1CCN(CCOC)CC1.I. The Morgan fingerprint density at radius 3 is 1.96 bits per heavy atom. The second-order valence-corrected chi connectivity index (χ2v) is 7.75. The summed E-state index contributed by atoms with van der Waals surface area (Å²) in [6, 6.07) is 0.525. The Labute approximate surface area is 189 Å². The molecule has 0 unspecified atom stereocenters. The van der Waals surface area contributed by atoms with Crippen LogP contribution in [0.3, 0.4) is 0 Å². The van der Waals surface area contributed by atoms with Crippen molar-refractivity contribution in [3.05, 3.63) is 0 Å². The first kappa shape index (κ1) is 25.9. The Morgan fingerprint density at radius 1 is 0.929 bits per heavy atom. The maximum absolute atomic E-state index is 5.19. The molecule has 0 aromatic rings. The quantitative estimate of drug-likeness (QED) is 0.264. The van der Waals surface area contributed by atoms with E-state index < -0.39 is 0 Å². The van der Waals surface area contributed by atoms with Gasteiger partial charge in [0.25, 0.3) is 0 Å². The van der Waals surface area contributed by atoms with E-state index in [0.29, 0.717) is 12.0 Å². The molecule has 0 spiro atoms. The van der Waals surface area contributed by atoms with E-state index >= 15 is 0 Å². The van der Waals surface area contributed by atoms with Gasteiger partial charge < -0.3 is 29.9 Å². The molecule has 2 N–H and O–H groups in total. The van der Waals surface area contributed by atoms with E-state index in [1.54, 1.807) is 14.2 Å². The average Bonchev–Trinajstić information content (AvgIpc) is 2.71. The van der Waals surface area contributed by atoms with Gasteiger partial charge >= 0.3 is 0 Å². The van der Waals surface area contributed by atoms with Crippen LogP contribution < -0.4 is 10.6 Å². The van der Waals surface area contributed by atoms with Crippen molar-refractivity contribution in [1.82, 2.24) is 20.4 Å². The number of hydrogen-bond donors (Lipinski definition) is 2. The number of aliphatic imine (C=N–C) groups is 1. The van der Waals surface area contributed by atoms with Gasteiger partial charge in [-0.1, -0.05) is 0 Å². The third-order valence-corrected chi connectivity index (χ3v) is 5.71. The van der Waals surface area contributed by atoms with Gasteiger partial charge in [0.2, 0.25) is 0 Å². The van der Waals surface area contributed by atoms with Crippen LogP contribution in [0.25, 0.3) is 0 Å². The summed E-state index contributed by atoms with van der Waals surface area (Å²) < 4.78 is 10.4. The van der Waals surface area contributed by atoms with E-state index in [1.165, 1.54) is 38.8 Å². The van der Waals surface area contributed by atoms with E-state index in [1.807, 2.05) is 0 Å². The Balaban J connectivity index is 0.00000392. The number of guanidine groups is 1. The van der Waals surface area contributed by atoms with Gasteiger partial charge in [0, 0.05) is 59.5 Å². The molecule has 0 saturated carbocycles. The Bertz CT molecular complexity index is 411. The van der Waals surface area contributed by atoms with Gasteiger partial charge in [-0.25, -0.2) is 0 Å². The zero-order valence-corrected chi connectivity index (χ0v) is 20.5. The van der Waals surface area contributed by atoms with Crippen LogP contribution in [0.2, 0.25) is 0 Å². The maximum Gasteiger partial charge on any atom is 0.191 e. The topological polar surface area (TPSA) is 61.4 Å². The van der Waals surface area contributed by atoms with Gasteiger partial charge in [-0.2, -0.15) is 0 Å². The predicted octanol–water partition coefficient (Wildman–Crippen LogP) is 1.63. The lowest BCUT2D eigenvalue weighted by Crippen LogP contribution is -2.49. The van der Waals surface area contributed by atoms with Crippen LogP contribution in [-0.2, 0) is 9.47 Å². The zero-order valence-electron chi connectivity index (χ0n) is 18.1. The summed E-state index contributed by atoms with van der Waals surface area (Å²) in [7, 11) is 3.55. The highest BCUT2D eigenvalue weighted by Crippen LogP contribution is 2.17. The molecule has 2 rings (SSSR count). The molecule has 2 aliphatic heterocycles. The summed E-state index contributed by atoms with van der Waals surface area (Å²) in [5.74, 6) is 1.70. The first-order valence-electron chi connectivity index (χ1n) is 10.7. The van der Waals surface area contributed by atoms with Crippen molar-refractivity contribution in [3.8, 4) is 0 Å². The van der Waals surface area contributed by atoms with Crippen molar-refractivity contribution >= 4 is 29.9 Å². The molecule has 0 radical (unpaired) electrons. The highest BCUT2D eigenvalue weighted by Gasteiger charge is 2.21. The molecule has 2 heterocycles. The Hall–Kier alpha value is -0.160. The molecule has 8 heteroatoms. The van der Waals surface area contributed by atoms with Gasteiger partial charge in [-0.15, -0.1) is 24.0 Å². The van der Waals surface area contributed by atoms with Crippen molar-refractivity contribution in [2.45, 2.75) is 38.6 Å². The number of piperidine rings is 2. The molecule has 0 aliphatic carbocycles. The molecule has 2 fully saturated rings. The predicted molar refractivity (Wildman–Crippen MR) is 127 cm³/mol. The third kappa shape index (κ3) is 10.0. The standard InChI is InChI=1S/C20H41N5O2.HI/c1-4-21-20(23-19-7-11-25(12-8-19)14-16-27-3)22-17-18-5-9-24(10-6-18)13-15-26-2;/h18-19H,4-17H2,1-3H3,(H2,21,22,23);1H. The molecule has 0 atom stereocenters. The summed E-state index contributed by atoms with van der Waals surface area (Å²) in [5, 5.41) is 7.09. The van der Waals surface area contributed by atoms with Gasteiger partial charge in [0.1, 0.15) is 0 Å². The molecule has 0 aromatic carbocycles.